The van der Waals surface area contributed by atoms with E-state index in [2.05, 4.69) is 52.9 Å². The summed E-state index contributed by atoms with van der Waals surface area (Å²) in [4.78, 5) is 19.0. The summed E-state index contributed by atoms with van der Waals surface area (Å²) in [5.74, 6) is 1.18. The quantitative estimate of drug-likeness (QED) is 0.764. The second-order valence-electron chi connectivity index (χ2n) is 10.1. The first-order chi connectivity index (χ1) is 14.5. The maximum absolute atomic E-state index is 13.4. The van der Waals surface area contributed by atoms with E-state index in [-0.39, 0.29) is 5.56 Å². The van der Waals surface area contributed by atoms with Crippen LogP contribution in [-0.4, -0.2) is 57.9 Å². The highest BCUT2D eigenvalue weighted by Gasteiger charge is 2.41. The fourth-order valence-corrected chi connectivity index (χ4v) is 6.11. The molecule has 0 spiro atoms. The number of likely N-dealkylation sites (tertiary alicyclic amines) is 2. The van der Waals surface area contributed by atoms with E-state index in [9.17, 15) is 4.79 Å². The minimum absolute atomic E-state index is 0.200. The number of fused-ring (bicyclic) bond motifs is 4. The predicted octanol–water partition coefficient (Wildman–Crippen LogP) is 0.260. The number of piperidine rings is 2. The average Bonchev–Trinajstić information content (AvgIpc) is 2.75. The lowest BCUT2D eigenvalue weighted by Crippen LogP contribution is -3.21. The summed E-state index contributed by atoms with van der Waals surface area (Å²) in [5, 5.41) is 0. The first-order valence-corrected chi connectivity index (χ1v) is 11.7. The van der Waals surface area contributed by atoms with Gasteiger partial charge in [0.05, 0.1) is 39.3 Å². The smallest absolute Gasteiger partial charge is 0.258 e. The molecular formula is C25H36N4O+2. The Morgan fingerprint density at radius 1 is 1.00 bits per heavy atom. The van der Waals surface area contributed by atoms with Crippen LogP contribution in [-0.2, 0) is 6.54 Å². The number of benzene rings is 1. The summed E-state index contributed by atoms with van der Waals surface area (Å²) in [6.07, 6.45) is 3.97. The van der Waals surface area contributed by atoms with Gasteiger partial charge in [0.15, 0.2) is 0 Å². The third kappa shape index (κ3) is 3.58. The summed E-state index contributed by atoms with van der Waals surface area (Å²) in [6.45, 7) is 5.98. The normalized spacial score (nSPS) is 30.6. The van der Waals surface area contributed by atoms with Crippen LogP contribution in [0.15, 0.2) is 41.2 Å². The molecule has 2 aromatic rings. The van der Waals surface area contributed by atoms with E-state index >= 15 is 0 Å². The van der Waals surface area contributed by atoms with E-state index in [1.807, 2.05) is 19.0 Å². The molecule has 0 amide bonds. The molecule has 30 heavy (non-hydrogen) atoms. The molecule has 160 valence electrons. The van der Waals surface area contributed by atoms with Crippen LogP contribution in [0.25, 0.3) is 11.1 Å². The summed E-state index contributed by atoms with van der Waals surface area (Å²) < 4.78 is 2.11. The Morgan fingerprint density at radius 3 is 2.43 bits per heavy atom. The van der Waals surface area contributed by atoms with Crippen LogP contribution in [0.5, 0.6) is 0 Å². The Morgan fingerprint density at radius 2 is 1.73 bits per heavy atom. The van der Waals surface area contributed by atoms with Crippen LogP contribution in [0.3, 0.4) is 0 Å². The van der Waals surface area contributed by atoms with E-state index in [0.717, 1.165) is 29.4 Å². The molecule has 2 fully saturated rings. The fraction of sp³-hybridized carbons (Fsp3) is 0.560. The molecule has 5 rings (SSSR count). The first kappa shape index (κ1) is 19.8. The van der Waals surface area contributed by atoms with Crippen LogP contribution < -0.4 is 20.3 Å². The molecule has 1 aromatic heterocycles. The zero-order chi connectivity index (χ0) is 20.8. The van der Waals surface area contributed by atoms with Gasteiger partial charge in [-0.2, -0.15) is 0 Å². The number of hydrogen-bond donors (Lipinski definition) is 2. The van der Waals surface area contributed by atoms with E-state index in [0.29, 0.717) is 11.8 Å². The lowest BCUT2D eigenvalue weighted by Gasteiger charge is -2.44. The topological polar surface area (TPSA) is 34.1 Å². The lowest BCUT2D eigenvalue weighted by atomic mass is 9.81. The molecule has 3 atom stereocenters. The predicted molar refractivity (Wildman–Crippen MR) is 122 cm³/mol. The maximum atomic E-state index is 13.4. The van der Waals surface area contributed by atoms with Crippen molar-refractivity contribution in [3.05, 3.63) is 52.4 Å². The molecule has 0 aliphatic carbocycles. The van der Waals surface area contributed by atoms with Crippen molar-refractivity contribution in [2.24, 2.45) is 5.92 Å². The highest BCUT2D eigenvalue weighted by atomic mass is 16.1. The third-order valence-corrected chi connectivity index (χ3v) is 7.86. The van der Waals surface area contributed by atoms with Crippen molar-refractivity contribution in [1.29, 1.82) is 0 Å². The molecule has 5 nitrogen and oxygen atoms in total. The third-order valence-electron chi connectivity index (χ3n) is 7.86. The van der Waals surface area contributed by atoms with Crippen molar-refractivity contribution in [3.8, 4) is 11.1 Å². The SMILES string of the molecule is CN(C)c1ccc(-c2ccc3n(c2=O)C[C@H]2C[C@@H]3C[NH+](C3CC[NH+](C)CC3)C2)cc1. The van der Waals surface area contributed by atoms with Crippen molar-refractivity contribution >= 4 is 5.69 Å². The number of nitrogens with one attached hydrogen (secondary N) is 2. The van der Waals surface area contributed by atoms with Crippen LogP contribution in [0.4, 0.5) is 5.69 Å². The summed E-state index contributed by atoms with van der Waals surface area (Å²) >= 11 is 0. The maximum Gasteiger partial charge on any atom is 0.258 e. The summed E-state index contributed by atoms with van der Waals surface area (Å²) in [5.41, 5.74) is 4.50. The van der Waals surface area contributed by atoms with Crippen molar-refractivity contribution < 1.29 is 9.80 Å². The van der Waals surface area contributed by atoms with Gasteiger partial charge >= 0.3 is 0 Å². The number of quaternary nitrogens is 2. The molecule has 1 aromatic carbocycles. The first-order valence-electron chi connectivity index (χ1n) is 11.7. The molecule has 3 aliphatic heterocycles. The number of aromatic nitrogens is 1. The Kier molecular flexibility index (Phi) is 5.19. The number of pyridine rings is 1. The van der Waals surface area contributed by atoms with Gasteiger partial charge in [-0.3, -0.25) is 4.79 Å². The van der Waals surface area contributed by atoms with Gasteiger partial charge in [-0.1, -0.05) is 12.1 Å². The molecule has 4 heterocycles. The zero-order valence-corrected chi connectivity index (χ0v) is 18.7. The minimum Gasteiger partial charge on any atom is -0.378 e. The molecule has 3 aliphatic rings. The second-order valence-corrected chi connectivity index (χ2v) is 10.1. The number of rotatable bonds is 3. The highest BCUT2D eigenvalue weighted by molar-refractivity contribution is 5.65. The van der Waals surface area contributed by atoms with Gasteiger partial charge in [0.25, 0.3) is 5.56 Å². The number of anilines is 1. The van der Waals surface area contributed by atoms with Crippen molar-refractivity contribution in [2.75, 3.05) is 52.2 Å². The van der Waals surface area contributed by atoms with Crippen LogP contribution in [0.1, 0.15) is 30.9 Å². The highest BCUT2D eigenvalue weighted by Crippen LogP contribution is 2.32. The zero-order valence-electron chi connectivity index (χ0n) is 18.7. The fourth-order valence-electron chi connectivity index (χ4n) is 6.11. The van der Waals surface area contributed by atoms with E-state index < -0.39 is 0 Å². The van der Waals surface area contributed by atoms with Crippen molar-refractivity contribution in [2.45, 2.75) is 37.8 Å². The average molecular weight is 409 g/mol. The Labute approximate surface area is 179 Å². The largest absolute Gasteiger partial charge is 0.378 e. The van der Waals surface area contributed by atoms with Gasteiger partial charge < -0.3 is 19.3 Å². The second kappa shape index (κ2) is 7.86. The number of hydrogen-bond acceptors (Lipinski definition) is 2. The molecule has 5 heteroatoms. The molecular weight excluding hydrogens is 372 g/mol. The Bertz CT molecular complexity index is 956. The van der Waals surface area contributed by atoms with Crippen LogP contribution in [0, 0.1) is 5.92 Å². The molecule has 1 unspecified atom stereocenters. The molecule has 2 saturated heterocycles. The van der Waals surface area contributed by atoms with Crippen molar-refractivity contribution in [1.82, 2.24) is 4.57 Å². The number of nitrogens with zero attached hydrogens (tertiary/aromatic N) is 2. The molecule has 2 N–H and O–H groups in total. The van der Waals surface area contributed by atoms with Gasteiger partial charge in [0.1, 0.15) is 0 Å². The van der Waals surface area contributed by atoms with Crippen LogP contribution >= 0.6 is 0 Å². The molecule has 2 bridgehead atoms. The van der Waals surface area contributed by atoms with Crippen LogP contribution in [0.2, 0.25) is 0 Å². The van der Waals surface area contributed by atoms with E-state index in [1.165, 1.54) is 51.1 Å². The van der Waals surface area contributed by atoms with E-state index in [1.54, 1.807) is 4.90 Å². The lowest BCUT2D eigenvalue weighted by molar-refractivity contribution is -0.959. The standard InChI is InChI=1S/C25H34N4O/c1-26(2)21-6-4-19(5-7-21)23-8-9-24-20-14-18(16-29(24)25(23)30)15-28(17-20)22-10-12-27(3)13-11-22/h4-9,18,20,22H,10-17H2,1-3H3/p+2/t18-,20+/m0/s1. The monoisotopic (exact) mass is 408 g/mol. The summed E-state index contributed by atoms with van der Waals surface area (Å²) in [7, 11) is 6.41. The van der Waals surface area contributed by atoms with Gasteiger partial charge in [0.2, 0.25) is 0 Å². The Balaban J connectivity index is 1.40. The van der Waals surface area contributed by atoms with Gasteiger partial charge in [-0.15, -0.1) is 0 Å². The Hall–Kier alpha value is -2.11. The van der Waals surface area contributed by atoms with Gasteiger partial charge in [0, 0.05) is 62.3 Å². The van der Waals surface area contributed by atoms with Crippen molar-refractivity contribution in [3.63, 3.8) is 0 Å². The summed E-state index contributed by atoms with van der Waals surface area (Å²) in [6, 6.07) is 13.5. The molecule has 0 radical (unpaired) electrons. The van der Waals surface area contributed by atoms with Gasteiger partial charge in [-0.05, 0) is 36.2 Å². The molecule has 0 saturated carbocycles. The van der Waals surface area contributed by atoms with Gasteiger partial charge in [-0.25, -0.2) is 0 Å². The van der Waals surface area contributed by atoms with E-state index in [4.69, 9.17) is 0 Å². The minimum atomic E-state index is 0.200.